The minimum Gasteiger partial charge on any atom is -0.391 e. The first-order chi connectivity index (χ1) is 18.5. The molecule has 0 aliphatic carbocycles. The molecule has 1 atom stereocenters. The zero-order chi connectivity index (χ0) is 26.1. The van der Waals surface area contributed by atoms with Crippen molar-refractivity contribution < 1.29 is 14.7 Å². The third kappa shape index (κ3) is 4.99. The Kier molecular flexibility index (Phi) is 6.55. The van der Waals surface area contributed by atoms with Crippen LogP contribution in [0.25, 0.3) is 0 Å². The van der Waals surface area contributed by atoms with E-state index in [9.17, 15) is 14.7 Å². The molecule has 3 heterocycles. The maximum atomic E-state index is 12.8. The molecule has 9 heteroatoms. The van der Waals surface area contributed by atoms with Gasteiger partial charge in [-0.1, -0.05) is 6.07 Å². The third-order valence-electron chi connectivity index (χ3n) is 6.79. The molecule has 192 valence electrons. The number of nitrogens with zero attached hydrogens (tertiary/aromatic N) is 2. The second-order valence-corrected chi connectivity index (χ2v) is 10.3. The number of nitrogens with one attached hydrogen (secondary N) is 3. The summed E-state index contributed by atoms with van der Waals surface area (Å²) in [5, 5.41) is 19.6. The number of β-amino-alcohol motifs (C(OH)–C–C–N with tert-alkyl or cyclic N) is 1. The highest BCUT2D eigenvalue weighted by Crippen LogP contribution is 2.34. The van der Waals surface area contributed by atoms with Gasteiger partial charge in [0.1, 0.15) is 0 Å². The Morgan fingerprint density at radius 3 is 2.34 bits per heavy atom. The van der Waals surface area contributed by atoms with Crippen molar-refractivity contribution in [3.8, 4) is 0 Å². The number of amides is 2. The van der Waals surface area contributed by atoms with Crippen LogP contribution in [-0.4, -0.2) is 36.1 Å². The Morgan fingerprint density at radius 1 is 0.895 bits per heavy atom. The number of hydrogen-bond acceptors (Lipinski definition) is 7. The monoisotopic (exact) mass is 525 g/mol. The van der Waals surface area contributed by atoms with E-state index in [1.807, 2.05) is 83.2 Å². The summed E-state index contributed by atoms with van der Waals surface area (Å²) in [5.74, 6) is -0.282. The number of hydrazine groups is 1. The number of hydrogen-bond donors (Lipinski definition) is 4. The molecule has 0 spiro atoms. The van der Waals surface area contributed by atoms with Crippen LogP contribution in [-0.2, 0) is 6.54 Å². The van der Waals surface area contributed by atoms with Gasteiger partial charge in [-0.3, -0.25) is 14.6 Å². The van der Waals surface area contributed by atoms with Crippen LogP contribution in [0.3, 0.4) is 0 Å². The molecule has 38 heavy (non-hydrogen) atoms. The highest BCUT2D eigenvalue weighted by Gasteiger charge is 2.22. The Labute approximate surface area is 224 Å². The van der Waals surface area contributed by atoms with Gasteiger partial charge in [0.25, 0.3) is 11.8 Å². The number of benzene rings is 3. The Morgan fingerprint density at radius 2 is 1.63 bits per heavy atom. The Bertz CT molecular complexity index is 1450. The molecule has 1 aromatic heterocycles. The van der Waals surface area contributed by atoms with Crippen molar-refractivity contribution in [2.24, 2.45) is 0 Å². The minimum atomic E-state index is -0.285. The van der Waals surface area contributed by atoms with Crippen LogP contribution in [0.5, 0.6) is 0 Å². The number of thiophene rings is 1. The summed E-state index contributed by atoms with van der Waals surface area (Å²) < 4.78 is 0. The van der Waals surface area contributed by atoms with E-state index in [0.29, 0.717) is 23.5 Å². The molecule has 0 radical (unpaired) electrons. The molecular weight excluding hydrogens is 498 g/mol. The van der Waals surface area contributed by atoms with Crippen molar-refractivity contribution >= 4 is 51.6 Å². The maximum Gasteiger partial charge on any atom is 0.265 e. The molecule has 0 bridgehead atoms. The topological polar surface area (TPSA) is 96.9 Å². The largest absolute Gasteiger partial charge is 0.391 e. The van der Waals surface area contributed by atoms with E-state index in [0.717, 1.165) is 47.0 Å². The molecule has 6 rings (SSSR count). The molecule has 4 aromatic rings. The SMILES string of the molecule is O=C(Nc1ccc2c(c1)CNN2c1ccc(NC(=O)c2cccs2)cc1)c1ccc(N2CCC(O)C2)cc1. The van der Waals surface area contributed by atoms with E-state index < -0.39 is 0 Å². The summed E-state index contributed by atoms with van der Waals surface area (Å²) in [5.41, 5.74) is 9.47. The van der Waals surface area contributed by atoms with Gasteiger partial charge < -0.3 is 20.6 Å². The molecule has 2 aliphatic heterocycles. The molecule has 2 amide bonds. The fourth-order valence-corrected chi connectivity index (χ4v) is 5.42. The summed E-state index contributed by atoms with van der Waals surface area (Å²) in [6, 6.07) is 24.7. The zero-order valence-electron chi connectivity index (χ0n) is 20.6. The van der Waals surface area contributed by atoms with Crippen molar-refractivity contribution in [2.45, 2.75) is 19.1 Å². The smallest absolute Gasteiger partial charge is 0.265 e. The summed E-state index contributed by atoms with van der Waals surface area (Å²) in [7, 11) is 0. The number of rotatable bonds is 6. The normalized spacial score (nSPS) is 16.4. The van der Waals surface area contributed by atoms with E-state index in [1.165, 1.54) is 11.3 Å². The number of aliphatic hydroxyl groups excluding tert-OH is 1. The van der Waals surface area contributed by atoms with Crippen molar-refractivity contribution in [3.05, 3.63) is 100 Å². The highest BCUT2D eigenvalue weighted by molar-refractivity contribution is 7.12. The average molecular weight is 526 g/mol. The second kappa shape index (κ2) is 10.3. The van der Waals surface area contributed by atoms with Gasteiger partial charge in [-0.2, -0.15) is 0 Å². The predicted molar refractivity (Wildman–Crippen MR) is 151 cm³/mol. The zero-order valence-corrected chi connectivity index (χ0v) is 21.4. The van der Waals surface area contributed by atoms with E-state index >= 15 is 0 Å². The summed E-state index contributed by atoms with van der Waals surface area (Å²) in [4.78, 5) is 27.9. The molecule has 1 unspecified atom stereocenters. The van der Waals surface area contributed by atoms with Crippen molar-refractivity contribution in [2.75, 3.05) is 33.6 Å². The van der Waals surface area contributed by atoms with Gasteiger partial charge in [0.15, 0.2) is 0 Å². The Balaban J connectivity index is 1.10. The van der Waals surface area contributed by atoms with E-state index in [4.69, 9.17) is 0 Å². The molecule has 4 N–H and O–H groups in total. The number of aliphatic hydroxyl groups is 1. The lowest BCUT2D eigenvalue weighted by atomic mass is 10.1. The van der Waals surface area contributed by atoms with E-state index in [-0.39, 0.29) is 17.9 Å². The van der Waals surface area contributed by atoms with Crippen LogP contribution >= 0.6 is 11.3 Å². The minimum absolute atomic E-state index is 0.116. The van der Waals surface area contributed by atoms with Crippen LogP contribution in [0.1, 0.15) is 32.0 Å². The molecular formula is C29H27N5O3S. The van der Waals surface area contributed by atoms with Gasteiger partial charge in [0.2, 0.25) is 0 Å². The first kappa shape index (κ1) is 24.2. The average Bonchev–Trinajstić information content (AvgIpc) is 3.70. The Hall–Kier alpha value is -4.18. The summed E-state index contributed by atoms with van der Waals surface area (Å²) in [6.07, 6.45) is 0.485. The molecule has 2 aliphatic rings. The summed E-state index contributed by atoms with van der Waals surface area (Å²) in [6.45, 7) is 2.08. The second-order valence-electron chi connectivity index (χ2n) is 9.38. The number of anilines is 5. The maximum absolute atomic E-state index is 12.8. The van der Waals surface area contributed by atoms with Gasteiger partial charge >= 0.3 is 0 Å². The van der Waals surface area contributed by atoms with E-state index in [2.05, 4.69) is 21.0 Å². The predicted octanol–water partition coefficient (Wildman–Crippen LogP) is 4.98. The van der Waals surface area contributed by atoms with Crippen molar-refractivity contribution in [1.82, 2.24) is 5.43 Å². The lowest BCUT2D eigenvalue weighted by molar-refractivity contribution is 0.102. The van der Waals surface area contributed by atoms with Gasteiger partial charge in [-0.25, -0.2) is 5.43 Å². The lowest BCUT2D eigenvalue weighted by Crippen LogP contribution is -2.26. The van der Waals surface area contributed by atoms with Crippen LogP contribution in [0, 0.1) is 0 Å². The number of carbonyl (C=O) groups excluding carboxylic acids is 2. The quantitative estimate of drug-likeness (QED) is 0.284. The van der Waals surface area contributed by atoms with E-state index in [1.54, 1.807) is 6.07 Å². The molecule has 3 aromatic carbocycles. The van der Waals surface area contributed by atoms with Gasteiger partial charge in [0, 0.05) is 42.3 Å². The van der Waals surface area contributed by atoms with Crippen LogP contribution in [0.4, 0.5) is 28.4 Å². The standard InChI is InChI=1S/C29H27N5O3S/c35-25-13-14-33(18-25)23-8-3-19(4-9-23)28(36)32-22-7-12-26-20(16-22)17-30-34(26)24-10-5-21(6-11-24)31-29(37)27-2-1-15-38-27/h1-12,15-16,25,30,35H,13-14,17-18H2,(H,31,37)(H,32,36). The number of carbonyl (C=O) groups is 2. The van der Waals surface area contributed by atoms with Gasteiger partial charge in [-0.05, 0) is 90.2 Å². The molecule has 8 nitrogen and oxygen atoms in total. The lowest BCUT2D eigenvalue weighted by Gasteiger charge is -2.20. The highest BCUT2D eigenvalue weighted by atomic mass is 32.1. The van der Waals surface area contributed by atoms with Crippen LogP contribution in [0.2, 0.25) is 0 Å². The van der Waals surface area contributed by atoms with Gasteiger partial charge in [-0.15, -0.1) is 11.3 Å². The molecule has 0 saturated carbocycles. The molecule has 1 fully saturated rings. The first-order valence-electron chi connectivity index (χ1n) is 12.5. The fourth-order valence-electron chi connectivity index (χ4n) is 4.80. The first-order valence-corrected chi connectivity index (χ1v) is 13.4. The van der Waals surface area contributed by atoms with Gasteiger partial charge in [0.05, 0.1) is 22.4 Å². The number of fused-ring (bicyclic) bond motifs is 1. The third-order valence-corrected chi connectivity index (χ3v) is 7.66. The van der Waals surface area contributed by atoms with Crippen LogP contribution in [0.15, 0.2) is 84.2 Å². The van der Waals surface area contributed by atoms with Crippen molar-refractivity contribution in [3.63, 3.8) is 0 Å². The van der Waals surface area contributed by atoms with Crippen LogP contribution < -0.4 is 26.0 Å². The van der Waals surface area contributed by atoms with Crippen molar-refractivity contribution in [1.29, 1.82) is 0 Å². The fraction of sp³-hybridized carbons (Fsp3) is 0.172. The molecule has 1 saturated heterocycles. The summed E-state index contributed by atoms with van der Waals surface area (Å²) >= 11 is 1.41.